The molecule has 1 N–H and O–H groups in total. The zero-order chi connectivity index (χ0) is 19.4. The van der Waals surface area contributed by atoms with Crippen LogP contribution in [-0.2, 0) is 9.59 Å². The lowest BCUT2D eigenvalue weighted by Gasteiger charge is -2.20. The van der Waals surface area contributed by atoms with Gasteiger partial charge in [-0.25, -0.2) is 4.98 Å². The number of benzene rings is 1. The van der Waals surface area contributed by atoms with Gasteiger partial charge in [0.1, 0.15) is 11.1 Å². The van der Waals surface area contributed by atoms with Gasteiger partial charge in [-0.15, -0.1) is 0 Å². The second kappa shape index (κ2) is 8.23. The predicted octanol–water partition coefficient (Wildman–Crippen LogP) is 3.43. The Bertz CT molecular complexity index is 936. The van der Waals surface area contributed by atoms with Crippen LogP contribution in [0.1, 0.15) is 29.7 Å². The van der Waals surface area contributed by atoms with Crippen molar-refractivity contribution in [3.8, 4) is 6.07 Å². The molecule has 2 aromatic rings. The highest BCUT2D eigenvalue weighted by Gasteiger charge is 2.24. The molecule has 0 saturated carbocycles. The van der Waals surface area contributed by atoms with Crippen LogP contribution >= 0.6 is 11.8 Å². The largest absolute Gasteiger partial charge is 0.324 e. The third kappa shape index (κ3) is 4.29. The quantitative estimate of drug-likeness (QED) is 0.803. The summed E-state index contributed by atoms with van der Waals surface area (Å²) in [4.78, 5) is 30.6. The highest BCUT2D eigenvalue weighted by atomic mass is 32.2. The molecule has 2 amide bonds. The van der Waals surface area contributed by atoms with Crippen LogP contribution in [0.15, 0.2) is 35.4 Å². The lowest BCUT2D eigenvalue weighted by Crippen LogP contribution is -2.26. The summed E-state index contributed by atoms with van der Waals surface area (Å²) in [6.07, 6.45) is 1.36. The first kappa shape index (κ1) is 18.9. The van der Waals surface area contributed by atoms with Crippen molar-refractivity contribution in [2.45, 2.75) is 31.7 Å². The van der Waals surface area contributed by atoms with Crippen LogP contribution in [0.25, 0.3) is 0 Å². The SMILES string of the molecule is Cc1cc(C)c(C#N)c(SCC(=O)Nc2ccccc2N2CCCC2=O)n1. The molecule has 1 aromatic carbocycles. The molecule has 7 heteroatoms. The number of hydrogen-bond acceptors (Lipinski definition) is 5. The van der Waals surface area contributed by atoms with Gasteiger partial charge >= 0.3 is 0 Å². The lowest BCUT2D eigenvalue weighted by atomic mass is 10.1. The first-order valence-electron chi connectivity index (χ1n) is 8.70. The van der Waals surface area contributed by atoms with Crippen LogP contribution in [0.4, 0.5) is 11.4 Å². The molecule has 1 fully saturated rings. The number of amides is 2. The van der Waals surface area contributed by atoms with Crippen LogP contribution in [0.5, 0.6) is 0 Å². The van der Waals surface area contributed by atoms with E-state index < -0.39 is 0 Å². The molecule has 6 nitrogen and oxygen atoms in total. The summed E-state index contributed by atoms with van der Waals surface area (Å²) in [5.41, 5.74) is 3.51. The van der Waals surface area contributed by atoms with Gasteiger partial charge < -0.3 is 10.2 Å². The Labute approximate surface area is 162 Å². The van der Waals surface area contributed by atoms with Crippen molar-refractivity contribution in [1.29, 1.82) is 5.26 Å². The van der Waals surface area contributed by atoms with E-state index in [0.717, 1.165) is 23.4 Å². The fourth-order valence-corrected chi connectivity index (χ4v) is 3.98. The number of carbonyl (C=O) groups is 2. The molecule has 1 saturated heterocycles. The number of carbonyl (C=O) groups excluding carboxylic acids is 2. The summed E-state index contributed by atoms with van der Waals surface area (Å²) in [5.74, 6) is 0.000426. The number of hydrogen-bond donors (Lipinski definition) is 1. The first-order chi connectivity index (χ1) is 13.0. The number of aryl methyl sites for hydroxylation is 2. The van der Waals surface area contributed by atoms with E-state index in [9.17, 15) is 14.9 Å². The molecule has 1 aliphatic heterocycles. The molecule has 3 rings (SSSR count). The molecule has 0 atom stereocenters. The average molecular weight is 380 g/mol. The van der Waals surface area contributed by atoms with Crippen molar-refractivity contribution >= 4 is 35.0 Å². The van der Waals surface area contributed by atoms with Gasteiger partial charge in [0.2, 0.25) is 11.8 Å². The Balaban J connectivity index is 1.71. The van der Waals surface area contributed by atoms with Crippen molar-refractivity contribution in [2.75, 3.05) is 22.5 Å². The van der Waals surface area contributed by atoms with Crippen LogP contribution < -0.4 is 10.2 Å². The molecular weight excluding hydrogens is 360 g/mol. The van der Waals surface area contributed by atoms with Crippen molar-refractivity contribution in [2.24, 2.45) is 0 Å². The normalized spacial score (nSPS) is 13.5. The molecular formula is C20H20N4O2S. The number of nitrogens with zero attached hydrogens (tertiary/aromatic N) is 3. The number of nitrogens with one attached hydrogen (secondary N) is 1. The Hall–Kier alpha value is -2.85. The Morgan fingerprint density at radius 2 is 2.15 bits per heavy atom. The molecule has 0 unspecified atom stereocenters. The van der Waals surface area contributed by atoms with Gasteiger partial charge in [-0.1, -0.05) is 23.9 Å². The minimum Gasteiger partial charge on any atom is -0.324 e. The van der Waals surface area contributed by atoms with Gasteiger partial charge in [-0.3, -0.25) is 9.59 Å². The molecule has 0 spiro atoms. The Morgan fingerprint density at radius 3 is 2.85 bits per heavy atom. The van der Waals surface area contributed by atoms with Crippen molar-refractivity contribution < 1.29 is 9.59 Å². The number of rotatable bonds is 5. The number of aromatic nitrogens is 1. The van der Waals surface area contributed by atoms with Gasteiger partial charge in [0, 0.05) is 18.7 Å². The number of para-hydroxylation sites is 2. The molecule has 1 aliphatic rings. The van der Waals surface area contributed by atoms with E-state index in [-0.39, 0.29) is 17.6 Å². The molecule has 27 heavy (non-hydrogen) atoms. The fraction of sp³-hybridized carbons (Fsp3) is 0.300. The summed E-state index contributed by atoms with van der Waals surface area (Å²) in [5, 5.41) is 12.8. The van der Waals surface area contributed by atoms with Gasteiger partial charge in [0.05, 0.1) is 22.7 Å². The molecule has 0 bridgehead atoms. The molecule has 138 valence electrons. The zero-order valence-corrected chi connectivity index (χ0v) is 16.1. The summed E-state index contributed by atoms with van der Waals surface area (Å²) in [7, 11) is 0. The second-order valence-corrected chi connectivity index (χ2v) is 7.34. The van der Waals surface area contributed by atoms with Crippen molar-refractivity contribution in [3.63, 3.8) is 0 Å². The van der Waals surface area contributed by atoms with Crippen LogP contribution in [-0.4, -0.2) is 29.1 Å². The number of nitriles is 1. The highest BCUT2D eigenvalue weighted by Crippen LogP contribution is 2.30. The fourth-order valence-electron chi connectivity index (χ4n) is 3.08. The second-order valence-electron chi connectivity index (χ2n) is 6.38. The van der Waals surface area contributed by atoms with Gasteiger partial charge in [-0.05, 0) is 44.0 Å². The summed E-state index contributed by atoms with van der Waals surface area (Å²) in [6, 6.07) is 11.3. The smallest absolute Gasteiger partial charge is 0.234 e. The van der Waals surface area contributed by atoms with Crippen molar-refractivity contribution in [3.05, 3.63) is 47.2 Å². The van der Waals surface area contributed by atoms with E-state index >= 15 is 0 Å². The van der Waals surface area contributed by atoms with Crippen LogP contribution in [0.2, 0.25) is 0 Å². The van der Waals surface area contributed by atoms with E-state index in [0.29, 0.717) is 29.2 Å². The van der Waals surface area contributed by atoms with Gasteiger partial charge in [0.15, 0.2) is 0 Å². The minimum absolute atomic E-state index is 0.0733. The maximum atomic E-state index is 12.5. The van der Waals surface area contributed by atoms with E-state index in [1.165, 1.54) is 11.8 Å². The lowest BCUT2D eigenvalue weighted by molar-refractivity contribution is -0.117. The monoisotopic (exact) mass is 380 g/mol. The Kier molecular flexibility index (Phi) is 5.77. The summed E-state index contributed by atoms with van der Waals surface area (Å²) >= 11 is 1.24. The summed E-state index contributed by atoms with van der Waals surface area (Å²) < 4.78 is 0. The minimum atomic E-state index is -0.205. The van der Waals surface area contributed by atoms with Gasteiger partial charge in [0.25, 0.3) is 0 Å². The number of pyridine rings is 1. The van der Waals surface area contributed by atoms with Crippen LogP contribution in [0, 0.1) is 25.2 Å². The van der Waals surface area contributed by atoms with E-state index in [1.807, 2.05) is 38.1 Å². The van der Waals surface area contributed by atoms with E-state index in [4.69, 9.17) is 0 Å². The molecule has 1 aromatic heterocycles. The highest BCUT2D eigenvalue weighted by molar-refractivity contribution is 8.00. The maximum absolute atomic E-state index is 12.5. The maximum Gasteiger partial charge on any atom is 0.234 e. The first-order valence-corrected chi connectivity index (χ1v) is 9.68. The summed E-state index contributed by atoms with van der Waals surface area (Å²) in [6.45, 7) is 4.39. The van der Waals surface area contributed by atoms with Crippen LogP contribution in [0.3, 0.4) is 0 Å². The third-order valence-corrected chi connectivity index (χ3v) is 5.28. The van der Waals surface area contributed by atoms with Gasteiger partial charge in [-0.2, -0.15) is 5.26 Å². The zero-order valence-electron chi connectivity index (χ0n) is 15.3. The van der Waals surface area contributed by atoms with E-state index in [2.05, 4.69) is 16.4 Å². The van der Waals surface area contributed by atoms with Crippen molar-refractivity contribution in [1.82, 2.24) is 4.98 Å². The topological polar surface area (TPSA) is 86.1 Å². The molecule has 2 heterocycles. The Morgan fingerprint density at radius 1 is 1.37 bits per heavy atom. The number of thioether (sulfide) groups is 1. The predicted molar refractivity (Wildman–Crippen MR) is 106 cm³/mol. The average Bonchev–Trinajstić information content (AvgIpc) is 3.06. The third-order valence-electron chi connectivity index (χ3n) is 4.31. The molecule has 0 aliphatic carbocycles. The standard InChI is InChI=1S/C20H20N4O2S/c1-13-10-14(2)22-20(15(13)11-21)27-12-18(25)23-16-6-3-4-7-17(16)24-9-5-8-19(24)26/h3-4,6-7,10H,5,8-9,12H2,1-2H3,(H,23,25). The number of anilines is 2. The molecule has 0 radical (unpaired) electrons. The van der Waals surface area contributed by atoms with E-state index in [1.54, 1.807) is 11.0 Å².